The Kier molecular flexibility index (Phi) is 13.1. The van der Waals surface area contributed by atoms with Crippen molar-refractivity contribution in [1.82, 2.24) is 5.32 Å². The maximum atomic E-state index is 13.9. The molecule has 0 heterocycles. The van der Waals surface area contributed by atoms with Crippen LogP contribution in [0.25, 0.3) is 0 Å². The third-order valence-electron chi connectivity index (χ3n) is 4.29. The maximum Gasteiger partial charge on any atom is 0.166 e. The van der Waals surface area contributed by atoms with Crippen molar-refractivity contribution in [3.05, 3.63) is 59.4 Å². The Labute approximate surface area is 180 Å². The Hall–Kier alpha value is -1.82. The summed E-state index contributed by atoms with van der Waals surface area (Å²) in [5, 5.41) is 3.42. The first-order valence-corrected chi connectivity index (χ1v) is 10.2. The fourth-order valence-electron chi connectivity index (χ4n) is 2.77. The normalized spacial score (nSPS) is 10.4. The minimum Gasteiger partial charge on any atom is -0.490 e. The summed E-state index contributed by atoms with van der Waals surface area (Å²) in [6.45, 7) is 7.91. The Morgan fingerprint density at radius 1 is 0.897 bits per heavy atom. The van der Waals surface area contributed by atoms with E-state index in [9.17, 15) is 4.39 Å². The maximum absolute atomic E-state index is 13.9. The van der Waals surface area contributed by atoms with E-state index in [0.29, 0.717) is 30.2 Å². The lowest BCUT2D eigenvalue weighted by molar-refractivity contribution is 0.128. The van der Waals surface area contributed by atoms with Crippen LogP contribution in [0.1, 0.15) is 44.2 Å². The molecule has 162 valence electrons. The molecule has 0 saturated carbocycles. The standard InChI is InChI=1S/C23H32FNO3.ClH/c1-3-5-15-26-16-9-14-25-17-19-11-8-13-22(27-4-2)23(19)28-18-20-10-6-7-12-21(20)24;/h6-8,10-13,25H,3-5,9,14-18H2,1-2H3;1H. The number of rotatable bonds is 14. The van der Waals surface area contributed by atoms with Crippen molar-refractivity contribution in [2.45, 2.75) is 46.3 Å². The van der Waals surface area contributed by atoms with Gasteiger partial charge in [-0.2, -0.15) is 0 Å². The first-order valence-electron chi connectivity index (χ1n) is 10.2. The summed E-state index contributed by atoms with van der Waals surface area (Å²) in [5.74, 6) is 1.08. The van der Waals surface area contributed by atoms with E-state index >= 15 is 0 Å². The molecule has 0 spiro atoms. The molecular weight excluding hydrogens is 393 g/mol. The quantitative estimate of drug-likeness (QED) is 0.404. The van der Waals surface area contributed by atoms with E-state index in [4.69, 9.17) is 14.2 Å². The second-order valence-electron chi connectivity index (χ2n) is 6.55. The molecule has 0 atom stereocenters. The van der Waals surface area contributed by atoms with Crippen molar-refractivity contribution in [1.29, 1.82) is 0 Å². The molecule has 2 aromatic rings. The first-order chi connectivity index (χ1) is 13.8. The van der Waals surface area contributed by atoms with Gasteiger partial charge in [0, 0.05) is 30.9 Å². The number of hydrogen-bond donors (Lipinski definition) is 1. The Bertz CT molecular complexity index is 700. The molecule has 0 aliphatic heterocycles. The van der Waals surface area contributed by atoms with Crippen LogP contribution in [0.15, 0.2) is 42.5 Å². The number of para-hydroxylation sites is 1. The number of hydrogen-bond acceptors (Lipinski definition) is 4. The third-order valence-corrected chi connectivity index (χ3v) is 4.29. The fourth-order valence-corrected chi connectivity index (χ4v) is 2.77. The summed E-state index contributed by atoms with van der Waals surface area (Å²) < 4.78 is 31.2. The van der Waals surface area contributed by atoms with Crippen LogP contribution in [-0.2, 0) is 17.9 Å². The van der Waals surface area contributed by atoms with Gasteiger partial charge in [0.1, 0.15) is 12.4 Å². The van der Waals surface area contributed by atoms with Crippen molar-refractivity contribution in [2.75, 3.05) is 26.4 Å². The second-order valence-corrected chi connectivity index (χ2v) is 6.55. The SMILES string of the molecule is CCCCOCCCNCc1cccc(OCC)c1OCc1ccccc1F.Cl. The highest BCUT2D eigenvalue weighted by molar-refractivity contribution is 5.85. The molecular formula is C23H33ClFNO3. The Morgan fingerprint density at radius 2 is 1.66 bits per heavy atom. The molecule has 0 fully saturated rings. The van der Waals surface area contributed by atoms with E-state index in [-0.39, 0.29) is 24.8 Å². The van der Waals surface area contributed by atoms with Crippen molar-refractivity contribution in [2.24, 2.45) is 0 Å². The lowest BCUT2D eigenvalue weighted by Crippen LogP contribution is -2.17. The highest BCUT2D eigenvalue weighted by Crippen LogP contribution is 2.32. The average Bonchev–Trinajstić information content (AvgIpc) is 2.70. The van der Waals surface area contributed by atoms with Gasteiger partial charge in [-0.25, -0.2) is 4.39 Å². The molecule has 0 radical (unpaired) electrons. The zero-order chi connectivity index (χ0) is 20.0. The van der Waals surface area contributed by atoms with Crippen LogP contribution in [0, 0.1) is 5.82 Å². The monoisotopic (exact) mass is 425 g/mol. The van der Waals surface area contributed by atoms with Crippen LogP contribution in [0.5, 0.6) is 11.5 Å². The highest BCUT2D eigenvalue weighted by atomic mass is 35.5. The number of benzene rings is 2. The van der Waals surface area contributed by atoms with Gasteiger partial charge in [0.25, 0.3) is 0 Å². The van der Waals surface area contributed by atoms with E-state index in [1.165, 1.54) is 6.07 Å². The number of unbranched alkanes of at least 4 members (excludes halogenated alkanes) is 1. The minimum atomic E-state index is -0.265. The van der Waals surface area contributed by atoms with Crippen LogP contribution in [0.2, 0.25) is 0 Å². The summed E-state index contributed by atoms with van der Waals surface area (Å²) in [4.78, 5) is 0. The fraction of sp³-hybridized carbons (Fsp3) is 0.478. The van der Waals surface area contributed by atoms with Gasteiger partial charge in [0.2, 0.25) is 0 Å². The van der Waals surface area contributed by atoms with Crippen molar-refractivity contribution in [3.8, 4) is 11.5 Å². The Balaban J connectivity index is 0.00000420. The largest absolute Gasteiger partial charge is 0.490 e. The summed E-state index contributed by atoms with van der Waals surface area (Å²) in [6, 6.07) is 12.5. The van der Waals surface area contributed by atoms with Crippen LogP contribution >= 0.6 is 12.4 Å². The lowest BCUT2D eigenvalue weighted by atomic mass is 10.1. The summed E-state index contributed by atoms with van der Waals surface area (Å²) >= 11 is 0. The van der Waals surface area contributed by atoms with Gasteiger partial charge in [0.05, 0.1) is 6.61 Å². The van der Waals surface area contributed by atoms with Gasteiger partial charge in [0.15, 0.2) is 11.5 Å². The molecule has 29 heavy (non-hydrogen) atoms. The summed E-state index contributed by atoms with van der Waals surface area (Å²) in [5.41, 5.74) is 1.52. The molecule has 1 N–H and O–H groups in total. The van der Waals surface area contributed by atoms with Gasteiger partial charge >= 0.3 is 0 Å². The predicted molar refractivity (Wildman–Crippen MR) is 118 cm³/mol. The Morgan fingerprint density at radius 3 is 2.41 bits per heavy atom. The molecule has 0 bridgehead atoms. The summed E-state index contributed by atoms with van der Waals surface area (Å²) in [7, 11) is 0. The smallest absolute Gasteiger partial charge is 0.166 e. The molecule has 6 heteroatoms. The van der Waals surface area contributed by atoms with E-state index in [2.05, 4.69) is 12.2 Å². The molecule has 0 unspecified atom stereocenters. The van der Waals surface area contributed by atoms with E-state index in [1.807, 2.05) is 25.1 Å². The molecule has 0 saturated heterocycles. The zero-order valence-corrected chi connectivity index (χ0v) is 18.2. The predicted octanol–water partition coefficient (Wildman–Crippen LogP) is 5.52. The van der Waals surface area contributed by atoms with Crippen molar-refractivity contribution >= 4 is 12.4 Å². The number of nitrogens with one attached hydrogen (secondary N) is 1. The molecule has 0 aliphatic rings. The number of ether oxygens (including phenoxy) is 3. The molecule has 2 rings (SSSR count). The van der Waals surface area contributed by atoms with Gasteiger partial charge < -0.3 is 19.5 Å². The third kappa shape index (κ3) is 9.03. The lowest BCUT2D eigenvalue weighted by Gasteiger charge is -2.17. The second kappa shape index (κ2) is 15.1. The van der Waals surface area contributed by atoms with Gasteiger partial charge in [-0.3, -0.25) is 0 Å². The molecule has 4 nitrogen and oxygen atoms in total. The highest BCUT2D eigenvalue weighted by Gasteiger charge is 2.12. The van der Waals surface area contributed by atoms with Gasteiger partial charge in [-0.1, -0.05) is 43.7 Å². The zero-order valence-electron chi connectivity index (χ0n) is 17.4. The van der Waals surface area contributed by atoms with Crippen LogP contribution in [0.3, 0.4) is 0 Å². The average molecular weight is 426 g/mol. The van der Waals surface area contributed by atoms with Crippen molar-refractivity contribution < 1.29 is 18.6 Å². The minimum absolute atomic E-state index is 0. The molecule has 0 aliphatic carbocycles. The molecule has 0 aromatic heterocycles. The van der Waals surface area contributed by atoms with Gasteiger partial charge in [-0.15, -0.1) is 12.4 Å². The van der Waals surface area contributed by atoms with Gasteiger partial charge in [-0.05, 0) is 38.4 Å². The summed E-state index contributed by atoms with van der Waals surface area (Å²) in [6.07, 6.45) is 3.23. The van der Waals surface area contributed by atoms with E-state index in [0.717, 1.165) is 44.6 Å². The number of halogens is 2. The molecule has 0 amide bonds. The van der Waals surface area contributed by atoms with Crippen LogP contribution in [-0.4, -0.2) is 26.4 Å². The van der Waals surface area contributed by atoms with E-state index < -0.39 is 0 Å². The van der Waals surface area contributed by atoms with Crippen LogP contribution in [0.4, 0.5) is 4.39 Å². The van der Waals surface area contributed by atoms with Crippen LogP contribution < -0.4 is 14.8 Å². The van der Waals surface area contributed by atoms with Crippen molar-refractivity contribution in [3.63, 3.8) is 0 Å². The first kappa shape index (κ1) is 25.2. The topological polar surface area (TPSA) is 39.7 Å². The molecule has 2 aromatic carbocycles. The van der Waals surface area contributed by atoms with E-state index in [1.54, 1.807) is 18.2 Å².